The lowest BCUT2D eigenvalue weighted by Gasteiger charge is -2.29. The highest BCUT2D eigenvalue weighted by Gasteiger charge is 2.31. The molecule has 36 heavy (non-hydrogen) atoms. The Morgan fingerprint density at radius 2 is 1.67 bits per heavy atom. The van der Waals surface area contributed by atoms with Crippen LogP contribution in [0.3, 0.4) is 0 Å². The highest BCUT2D eigenvalue weighted by atomic mass is 19.4. The minimum absolute atomic E-state index is 0.252. The average Bonchev–Trinajstić information content (AvgIpc) is 3.23. The van der Waals surface area contributed by atoms with Crippen LogP contribution in [0.2, 0.25) is 0 Å². The molecule has 1 unspecified atom stereocenters. The van der Waals surface area contributed by atoms with Crippen LogP contribution in [0, 0.1) is 0 Å². The van der Waals surface area contributed by atoms with Crippen LogP contribution in [0.25, 0.3) is 11.0 Å². The Hall–Kier alpha value is -3.72. The molecule has 6 nitrogen and oxygen atoms in total. The summed E-state index contributed by atoms with van der Waals surface area (Å²) in [5, 5.41) is 0. The lowest BCUT2D eigenvalue weighted by Crippen LogP contribution is -2.36. The van der Waals surface area contributed by atoms with Crippen LogP contribution in [0.15, 0.2) is 72.8 Å². The van der Waals surface area contributed by atoms with Gasteiger partial charge in [-0.2, -0.15) is 0 Å². The van der Waals surface area contributed by atoms with Crippen LogP contribution < -0.4 is 14.4 Å². The van der Waals surface area contributed by atoms with Crippen molar-refractivity contribution in [2.24, 2.45) is 0 Å². The largest absolute Gasteiger partial charge is 0.573 e. The molecule has 1 fully saturated rings. The number of halogens is 3. The van der Waals surface area contributed by atoms with Crippen molar-refractivity contribution in [3.05, 3.63) is 84.2 Å². The first-order valence-corrected chi connectivity index (χ1v) is 11.7. The third kappa shape index (κ3) is 5.57. The summed E-state index contributed by atoms with van der Waals surface area (Å²) < 4.78 is 55.5. The van der Waals surface area contributed by atoms with Gasteiger partial charge in [-0.25, -0.2) is 4.98 Å². The second-order valence-corrected chi connectivity index (χ2v) is 8.59. The number of morpholine rings is 1. The Labute approximate surface area is 206 Å². The van der Waals surface area contributed by atoms with Crippen molar-refractivity contribution in [1.29, 1.82) is 0 Å². The fourth-order valence-electron chi connectivity index (χ4n) is 4.36. The minimum atomic E-state index is -4.73. The SMILES string of the molecule is CC(Oc1ccccc1)c1nc2ccc(N3CCOCC3)cc2n1Cc1ccc(OC(F)(F)F)cc1. The summed E-state index contributed by atoms with van der Waals surface area (Å²) in [5.74, 6) is 1.20. The fraction of sp³-hybridized carbons (Fsp3) is 0.296. The van der Waals surface area contributed by atoms with Gasteiger partial charge in [0.05, 0.1) is 24.2 Å². The number of anilines is 1. The van der Waals surface area contributed by atoms with Crippen molar-refractivity contribution < 1.29 is 27.4 Å². The van der Waals surface area contributed by atoms with Crippen molar-refractivity contribution in [2.45, 2.75) is 25.9 Å². The second kappa shape index (κ2) is 10.1. The van der Waals surface area contributed by atoms with Crippen LogP contribution >= 0.6 is 0 Å². The molecule has 5 rings (SSSR count). The normalized spacial score (nSPS) is 15.2. The number of rotatable bonds is 7. The summed E-state index contributed by atoms with van der Waals surface area (Å²) in [5.41, 5.74) is 3.63. The lowest BCUT2D eigenvalue weighted by molar-refractivity contribution is -0.274. The van der Waals surface area contributed by atoms with E-state index in [1.807, 2.05) is 43.3 Å². The summed E-state index contributed by atoms with van der Waals surface area (Å²) in [6.07, 6.45) is -5.09. The molecular weight excluding hydrogens is 471 g/mol. The number of hydrogen-bond donors (Lipinski definition) is 0. The van der Waals surface area contributed by atoms with Crippen molar-refractivity contribution in [3.63, 3.8) is 0 Å². The topological polar surface area (TPSA) is 48.8 Å². The number of hydrogen-bond acceptors (Lipinski definition) is 5. The number of ether oxygens (including phenoxy) is 3. The molecule has 0 amide bonds. The summed E-state index contributed by atoms with van der Waals surface area (Å²) in [4.78, 5) is 7.15. The molecular formula is C27H26F3N3O3. The van der Waals surface area contributed by atoms with Crippen LogP contribution in [0.4, 0.5) is 18.9 Å². The second-order valence-electron chi connectivity index (χ2n) is 8.59. The van der Waals surface area contributed by atoms with Gasteiger partial charge >= 0.3 is 6.36 Å². The van der Waals surface area contributed by atoms with E-state index in [1.54, 1.807) is 12.1 Å². The number of imidazole rings is 1. The number of para-hydroxylation sites is 1. The van der Waals surface area contributed by atoms with Gasteiger partial charge in [-0.3, -0.25) is 0 Å². The molecule has 1 aliphatic rings. The van der Waals surface area contributed by atoms with Gasteiger partial charge in [0.2, 0.25) is 0 Å². The van der Waals surface area contributed by atoms with E-state index in [0.29, 0.717) is 19.8 Å². The average molecular weight is 498 g/mol. The van der Waals surface area contributed by atoms with E-state index in [1.165, 1.54) is 12.1 Å². The number of nitrogens with zero attached hydrogens (tertiary/aromatic N) is 3. The molecule has 0 bridgehead atoms. The van der Waals surface area contributed by atoms with Gasteiger partial charge in [-0.15, -0.1) is 13.2 Å². The predicted molar refractivity (Wildman–Crippen MR) is 130 cm³/mol. The molecule has 1 aliphatic heterocycles. The quantitative estimate of drug-likeness (QED) is 0.315. The Bertz CT molecular complexity index is 1300. The third-order valence-electron chi connectivity index (χ3n) is 6.05. The van der Waals surface area contributed by atoms with Crippen molar-refractivity contribution >= 4 is 16.7 Å². The van der Waals surface area contributed by atoms with Crippen LogP contribution in [0.5, 0.6) is 11.5 Å². The molecule has 0 spiro atoms. The maximum atomic E-state index is 12.6. The molecule has 4 aromatic rings. The molecule has 0 N–H and O–H groups in total. The first kappa shape index (κ1) is 24.0. The maximum Gasteiger partial charge on any atom is 0.573 e. The van der Waals surface area contributed by atoms with Crippen molar-refractivity contribution in [1.82, 2.24) is 9.55 Å². The molecule has 2 heterocycles. The molecule has 0 radical (unpaired) electrons. The van der Waals surface area contributed by atoms with Gasteiger partial charge in [0.25, 0.3) is 0 Å². The number of alkyl halides is 3. The van der Waals surface area contributed by atoms with Crippen LogP contribution in [0.1, 0.15) is 24.4 Å². The lowest BCUT2D eigenvalue weighted by atomic mass is 10.2. The minimum Gasteiger partial charge on any atom is -0.483 e. The van der Waals surface area contributed by atoms with E-state index in [4.69, 9.17) is 14.5 Å². The Morgan fingerprint density at radius 1 is 0.944 bits per heavy atom. The fourth-order valence-corrected chi connectivity index (χ4v) is 4.36. The van der Waals surface area contributed by atoms with Gasteiger partial charge in [-0.05, 0) is 55.0 Å². The van der Waals surface area contributed by atoms with Crippen LogP contribution in [-0.4, -0.2) is 42.2 Å². The molecule has 188 valence electrons. The van der Waals surface area contributed by atoms with E-state index in [0.717, 1.165) is 46.9 Å². The highest BCUT2D eigenvalue weighted by molar-refractivity contribution is 5.81. The molecule has 3 aromatic carbocycles. The van der Waals surface area contributed by atoms with Gasteiger partial charge < -0.3 is 23.7 Å². The zero-order valence-corrected chi connectivity index (χ0v) is 19.7. The zero-order chi connectivity index (χ0) is 25.1. The van der Waals surface area contributed by atoms with Gasteiger partial charge in [0.15, 0.2) is 11.9 Å². The molecule has 1 atom stereocenters. The van der Waals surface area contributed by atoms with E-state index >= 15 is 0 Å². The van der Waals surface area contributed by atoms with Gasteiger partial charge in [-0.1, -0.05) is 30.3 Å². The zero-order valence-electron chi connectivity index (χ0n) is 19.7. The number of aromatic nitrogens is 2. The standard InChI is InChI=1S/C27H26F3N3O3/c1-19(35-22-5-3-2-4-6-22)26-31-24-12-9-21(32-13-15-34-16-14-32)17-25(24)33(26)18-20-7-10-23(11-8-20)36-27(28,29)30/h2-12,17,19H,13-16,18H2,1H3. The number of benzene rings is 3. The highest BCUT2D eigenvalue weighted by Crippen LogP contribution is 2.30. The molecule has 1 saturated heterocycles. The monoisotopic (exact) mass is 497 g/mol. The van der Waals surface area contributed by atoms with Gasteiger partial charge in [0.1, 0.15) is 11.5 Å². The van der Waals surface area contributed by atoms with E-state index in [2.05, 4.69) is 26.3 Å². The Morgan fingerprint density at radius 3 is 2.36 bits per heavy atom. The molecule has 9 heteroatoms. The first-order valence-electron chi connectivity index (χ1n) is 11.7. The smallest absolute Gasteiger partial charge is 0.483 e. The Balaban J connectivity index is 1.50. The third-order valence-corrected chi connectivity index (χ3v) is 6.05. The molecule has 0 aliphatic carbocycles. The van der Waals surface area contributed by atoms with Crippen molar-refractivity contribution in [2.75, 3.05) is 31.2 Å². The molecule has 0 saturated carbocycles. The van der Waals surface area contributed by atoms with Crippen LogP contribution in [-0.2, 0) is 11.3 Å². The van der Waals surface area contributed by atoms with E-state index in [9.17, 15) is 13.2 Å². The Kier molecular flexibility index (Phi) is 6.73. The summed E-state index contributed by atoms with van der Waals surface area (Å²) in [6, 6.07) is 21.6. The van der Waals surface area contributed by atoms with E-state index < -0.39 is 6.36 Å². The van der Waals surface area contributed by atoms with Gasteiger partial charge in [0, 0.05) is 25.3 Å². The summed E-state index contributed by atoms with van der Waals surface area (Å²) in [7, 11) is 0. The summed E-state index contributed by atoms with van der Waals surface area (Å²) in [6.45, 7) is 5.32. The van der Waals surface area contributed by atoms with Crippen molar-refractivity contribution in [3.8, 4) is 11.5 Å². The summed E-state index contributed by atoms with van der Waals surface area (Å²) >= 11 is 0. The number of fused-ring (bicyclic) bond motifs is 1. The van der Waals surface area contributed by atoms with E-state index in [-0.39, 0.29) is 11.9 Å². The maximum absolute atomic E-state index is 12.6. The molecule has 1 aromatic heterocycles. The first-order chi connectivity index (χ1) is 17.4. The predicted octanol–water partition coefficient (Wildman–Crippen LogP) is 5.96.